The lowest BCUT2D eigenvalue weighted by molar-refractivity contribution is -0.131. The number of methoxy groups -OCH3 is 2. The van der Waals surface area contributed by atoms with Gasteiger partial charge in [-0.25, -0.2) is 4.98 Å². The number of hydrogen-bond acceptors (Lipinski definition) is 8. The number of para-hydroxylation sites is 2. The van der Waals surface area contributed by atoms with Gasteiger partial charge in [-0.2, -0.15) is 0 Å². The number of benzene rings is 2. The molecule has 190 valence electrons. The van der Waals surface area contributed by atoms with Crippen molar-refractivity contribution in [1.29, 1.82) is 0 Å². The minimum Gasteiger partial charge on any atom is -0.496 e. The Morgan fingerprint density at radius 2 is 1.81 bits per heavy atom. The van der Waals surface area contributed by atoms with Gasteiger partial charge in [0.2, 0.25) is 5.91 Å². The molecule has 2 aliphatic heterocycles. The number of carbonyl (C=O) groups excluding carboxylic acids is 1. The van der Waals surface area contributed by atoms with Crippen LogP contribution < -0.4 is 23.8 Å². The van der Waals surface area contributed by atoms with Crippen molar-refractivity contribution >= 4 is 22.6 Å². The number of hydrogen-bond donors (Lipinski definition) is 0. The zero-order valence-electron chi connectivity index (χ0n) is 20.9. The van der Waals surface area contributed by atoms with Crippen LogP contribution in [-0.2, 0) is 16.1 Å². The highest BCUT2D eigenvalue weighted by molar-refractivity contribution is 5.92. The van der Waals surface area contributed by atoms with Crippen molar-refractivity contribution in [1.82, 2.24) is 9.88 Å². The molecule has 1 saturated heterocycles. The first-order valence-corrected chi connectivity index (χ1v) is 12.1. The molecule has 9 nitrogen and oxygen atoms in total. The smallest absolute Gasteiger partial charge is 0.219 e. The topological polar surface area (TPSA) is 82.6 Å². The van der Waals surface area contributed by atoms with E-state index in [2.05, 4.69) is 11.0 Å². The van der Waals surface area contributed by atoms with E-state index in [1.807, 2.05) is 36.4 Å². The summed E-state index contributed by atoms with van der Waals surface area (Å²) in [4.78, 5) is 21.8. The van der Waals surface area contributed by atoms with Crippen LogP contribution in [0.25, 0.3) is 10.9 Å². The maximum atomic E-state index is 12.8. The first-order chi connectivity index (χ1) is 17.6. The van der Waals surface area contributed by atoms with E-state index in [9.17, 15) is 4.79 Å². The molecule has 2 aromatic carbocycles. The van der Waals surface area contributed by atoms with Crippen molar-refractivity contribution in [2.75, 3.05) is 58.6 Å². The van der Waals surface area contributed by atoms with Crippen LogP contribution in [0.2, 0.25) is 0 Å². The number of nitrogens with zero attached hydrogens (tertiary/aromatic N) is 3. The molecule has 0 N–H and O–H groups in total. The molecule has 36 heavy (non-hydrogen) atoms. The third-order valence-corrected chi connectivity index (χ3v) is 6.51. The van der Waals surface area contributed by atoms with Crippen LogP contribution in [0, 0.1) is 0 Å². The molecule has 1 amide bonds. The summed E-state index contributed by atoms with van der Waals surface area (Å²) in [6, 6.07) is 13.4. The van der Waals surface area contributed by atoms with Crippen LogP contribution in [0.5, 0.6) is 23.0 Å². The summed E-state index contributed by atoms with van der Waals surface area (Å²) < 4.78 is 28.8. The number of pyridine rings is 1. The molecule has 5 rings (SSSR count). The molecular formula is C27H31N3O6. The summed E-state index contributed by atoms with van der Waals surface area (Å²) in [5.74, 6) is 3.54. The SMILES string of the molecule is COc1ccc(OC)c2nc(N3CCOCC3)c(CN(C[C@@H]3COc4ccccc4O3)C(C)=O)cc12. The molecule has 1 atom stereocenters. The zero-order valence-corrected chi connectivity index (χ0v) is 20.9. The molecule has 9 heteroatoms. The van der Waals surface area contributed by atoms with Gasteiger partial charge in [0.1, 0.15) is 29.4 Å². The third-order valence-electron chi connectivity index (χ3n) is 6.51. The number of amides is 1. The minimum atomic E-state index is -0.279. The van der Waals surface area contributed by atoms with Gasteiger partial charge in [0.25, 0.3) is 0 Å². The molecule has 1 aromatic heterocycles. The van der Waals surface area contributed by atoms with E-state index in [4.69, 9.17) is 28.7 Å². The van der Waals surface area contributed by atoms with Gasteiger partial charge < -0.3 is 33.5 Å². The summed E-state index contributed by atoms with van der Waals surface area (Å²) >= 11 is 0. The summed E-state index contributed by atoms with van der Waals surface area (Å²) in [5, 5.41) is 0.832. The second-order valence-corrected chi connectivity index (χ2v) is 8.83. The van der Waals surface area contributed by atoms with Gasteiger partial charge in [-0.15, -0.1) is 0 Å². The first-order valence-electron chi connectivity index (χ1n) is 12.1. The van der Waals surface area contributed by atoms with Crippen molar-refractivity contribution in [3.05, 3.63) is 48.0 Å². The lowest BCUT2D eigenvalue weighted by atomic mass is 10.1. The van der Waals surface area contributed by atoms with Crippen molar-refractivity contribution in [2.45, 2.75) is 19.6 Å². The molecule has 0 bridgehead atoms. The van der Waals surface area contributed by atoms with Gasteiger partial charge in [-0.05, 0) is 30.3 Å². The molecule has 0 radical (unpaired) electrons. The molecule has 0 aliphatic carbocycles. The zero-order chi connectivity index (χ0) is 25.1. The number of ether oxygens (including phenoxy) is 5. The van der Waals surface area contributed by atoms with Gasteiger partial charge in [-0.3, -0.25) is 4.79 Å². The van der Waals surface area contributed by atoms with Gasteiger partial charge >= 0.3 is 0 Å². The Labute approximate surface area is 210 Å². The molecule has 2 aliphatic rings. The fourth-order valence-electron chi connectivity index (χ4n) is 4.66. The van der Waals surface area contributed by atoms with Crippen molar-refractivity contribution < 1.29 is 28.5 Å². The average molecular weight is 494 g/mol. The number of fused-ring (bicyclic) bond motifs is 2. The minimum absolute atomic E-state index is 0.0527. The predicted molar refractivity (Wildman–Crippen MR) is 135 cm³/mol. The van der Waals surface area contributed by atoms with E-state index < -0.39 is 0 Å². The van der Waals surface area contributed by atoms with Gasteiger partial charge in [0.15, 0.2) is 17.6 Å². The molecular weight excluding hydrogens is 462 g/mol. The number of morpholine rings is 1. The lowest BCUT2D eigenvalue weighted by Gasteiger charge is -2.33. The molecule has 0 spiro atoms. The lowest BCUT2D eigenvalue weighted by Crippen LogP contribution is -2.43. The Morgan fingerprint density at radius 1 is 1.08 bits per heavy atom. The van der Waals surface area contributed by atoms with Crippen LogP contribution in [-0.4, -0.2) is 75.6 Å². The quantitative estimate of drug-likeness (QED) is 0.496. The molecule has 1 fully saturated rings. The Bertz CT molecular complexity index is 1240. The fraction of sp³-hybridized carbons (Fsp3) is 0.407. The normalized spacial score (nSPS) is 17.1. The van der Waals surface area contributed by atoms with Crippen LogP contribution in [0.4, 0.5) is 5.82 Å². The van der Waals surface area contributed by atoms with E-state index in [1.54, 1.807) is 26.0 Å². The maximum absolute atomic E-state index is 12.8. The van der Waals surface area contributed by atoms with Crippen molar-refractivity contribution in [2.24, 2.45) is 0 Å². The highest BCUT2D eigenvalue weighted by Crippen LogP contribution is 2.36. The van der Waals surface area contributed by atoms with E-state index >= 15 is 0 Å². The first kappa shape index (κ1) is 24.0. The molecule has 3 aromatic rings. The molecule has 0 saturated carbocycles. The Balaban J connectivity index is 1.49. The van der Waals surface area contributed by atoms with E-state index in [0.29, 0.717) is 63.2 Å². The predicted octanol–water partition coefficient (Wildman–Crippen LogP) is 3.28. The Hall–Kier alpha value is -3.72. The van der Waals surface area contributed by atoms with E-state index in [1.165, 1.54) is 0 Å². The molecule has 0 unspecified atom stereocenters. The summed E-state index contributed by atoms with van der Waals surface area (Å²) in [6.45, 7) is 5.38. The van der Waals surface area contributed by atoms with Crippen molar-refractivity contribution in [3.63, 3.8) is 0 Å². The monoisotopic (exact) mass is 493 g/mol. The average Bonchev–Trinajstić information content (AvgIpc) is 2.92. The van der Waals surface area contributed by atoms with Crippen LogP contribution >= 0.6 is 0 Å². The van der Waals surface area contributed by atoms with Crippen LogP contribution in [0.3, 0.4) is 0 Å². The Kier molecular flexibility index (Phi) is 6.99. The fourth-order valence-corrected chi connectivity index (χ4v) is 4.66. The second kappa shape index (κ2) is 10.5. The largest absolute Gasteiger partial charge is 0.496 e. The standard InChI is InChI=1S/C27H31N3O6/c1-18(31)30(16-20-17-35-23-6-4-5-7-24(23)36-20)15-19-14-21-22(32-2)8-9-25(33-3)26(21)28-27(19)29-10-12-34-13-11-29/h4-9,14,20H,10-13,15-17H2,1-3H3/t20-/m1/s1. The second-order valence-electron chi connectivity index (χ2n) is 8.83. The number of anilines is 1. The maximum Gasteiger partial charge on any atom is 0.219 e. The van der Waals surface area contributed by atoms with Crippen LogP contribution in [0.15, 0.2) is 42.5 Å². The summed E-state index contributed by atoms with van der Waals surface area (Å²) in [5.41, 5.74) is 1.64. The number of aromatic nitrogens is 1. The summed E-state index contributed by atoms with van der Waals surface area (Å²) in [6.07, 6.45) is -0.279. The van der Waals surface area contributed by atoms with E-state index in [-0.39, 0.29) is 12.0 Å². The Morgan fingerprint density at radius 3 is 2.53 bits per heavy atom. The summed E-state index contributed by atoms with van der Waals surface area (Å²) in [7, 11) is 3.27. The highest BCUT2D eigenvalue weighted by Gasteiger charge is 2.27. The molecule has 3 heterocycles. The van der Waals surface area contributed by atoms with Crippen LogP contribution in [0.1, 0.15) is 12.5 Å². The highest BCUT2D eigenvalue weighted by atomic mass is 16.6. The van der Waals surface area contributed by atoms with Crippen molar-refractivity contribution in [3.8, 4) is 23.0 Å². The van der Waals surface area contributed by atoms with Gasteiger partial charge in [0.05, 0.1) is 34.0 Å². The number of rotatable bonds is 7. The van der Waals surface area contributed by atoms with E-state index in [0.717, 1.165) is 28.0 Å². The third kappa shape index (κ3) is 4.83. The number of carbonyl (C=O) groups is 1. The van der Waals surface area contributed by atoms with Gasteiger partial charge in [0, 0.05) is 37.5 Å². The van der Waals surface area contributed by atoms with Gasteiger partial charge in [-0.1, -0.05) is 12.1 Å².